The van der Waals surface area contributed by atoms with Crippen LogP contribution >= 0.6 is 0 Å². The van der Waals surface area contributed by atoms with E-state index in [1.54, 1.807) is 24.3 Å². The average molecular weight is 532 g/mol. The minimum atomic E-state index is -1.26. The maximum atomic E-state index is 13.7. The van der Waals surface area contributed by atoms with Crippen molar-refractivity contribution in [1.29, 1.82) is 0 Å². The Balaban J connectivity index is 1.60. The van der Waals surface area contributed by atoms with Gasteiger partial charge in [0.1, 0.15) is 5.82 Å². The molecule has 9 heteroatoms. The van der Waals surface area contributed by atoms with Crippen LogP contribution in [0, 0.1) is 12.7 Å². The molecule has 0 aliphatic carbocycles. The Bertz CT molecular complexity index is 1330. The van der Waals surface area contributed by atoms with Crippen LogP contribution in [0.3, 0.4) is 0 Å². The van der Waals surface area contributed by atoms with E-state index in [4.69, 9.17) is 0 Å². The van der Waals surface area contributed by atoms with Crippen LogP contribution in [0.15, 0.2) is 78.9 Å². The van der Waals surface area contributed by atoms with Gasteiger partial charge in [-0.1, -0.05) is 60.2 Å². The molecule has 2 N–H and O–H groups in total. The summed E-state index contributed by atoms with van der Waals surface area (Å²) in [6, 6.07) is 20.5. The van der Waals surface area contributed by atoms with Crippen LogP contribution in [-0.4, -0.2) is 57.9 Å². The lowest BCUT2D eigenvalue weighted by atomic mass is 10.0. The molecule has 0 spiro atoms. The minimum absolute atomic E-state index is 0.136. The first-order chi connectivity index (χ1) is 18.7. The number of halogens is 1. The lowest BCUT2D eigenvalue weighted by molar-refractivity contribution is -0.142. The van der Waals surface area contributed by atoms with Gasteiger partial charge in [-0.2, -0.15) is 0 Å². The van der Waals surface area contributed by atoms with Gasteiger partial charge < -0.3 is 20.2 Å². The fourth-order valence-electron chi connectivity index (χ4n) is 4.65. The number of rotatable bonds is 9. The van der Waals surface area contributed by atoms with Gasteiger partial charge in [-0.3, -0.25) is 19.2 Å². The molecule has 4 rings (SSSR count). The number of carboxylic acid groups (broad SMARTS) is 1. The van der Waals surface area contributed by atoms with Crippen LogP contribution in [0.5, 0.6) is 0 Å². The maximum Gasteiger partial charge on any atom is 0.305 e. The monoisotopic (exact) mass is 531 g/mol. The number of hydrogen-bond donors (Lipinski definition) is 2. The summed E-state index contributed by atoms with van der Waals surface area (Å²) in [5.74, 6) is -3.06. The van der Waals surface area contributed by atoms with Gasteiger partial charge in [0.2, 0.25) is 5.91 Å². The van der Waals surface area contributed by atoms with E-state index in [9.17, 15) is 28.7 Å². The predicted molar refractivity (Wildman–Crippen MR) is 142 cm³/mol. The van der Waals surface area contributed by atoms with Gasteiger partial charge in [-0.25, -0.2) is 4.39 Å². The number of aryl methyl sites for hydroxylation is 2. The molecule has 1 fully saturated rings. The fraction of sp³-hybridized carbons (Fsp3) is 0.267. The number of nitrogens with zero attached hydrogens (tertiary/aromatic N) is 2. The first-order valence-electron chi connectivity index (χ1n) is 12.7. The Morgan fingerprint density at radius 3 is 2.21 bits per heavy atom. The van der Waals surface area contributed by atoms with E-state index in [0.717, 1.165) is 11.1 Å². The molecular weight excluding hydrogens is 501 g/mol. The molecule has 0 saturated carbocycles. The largest absolute Gasteiger partial charge is 0.481 e. The van der Waals surface area contributed by atoms with Crippen molar-refractivity contribution in [2.45, 2.75) is 38.4 Å². The van der Waals surface area contributed by atoms with Crippen molar-refractivity contribution in [2.24, 2.45) is 0 Å². The summed E-state index contributed by atoms with van der Waals surface area (Å²) < 4.78 is 13.5. The molecule has 8 nitrogen and oxygen atoms in total. The Kier molecular flexibility index (Phi) is 8.70. The molecule has 3 aromatic carbocycles. The Morgan fingerprint density at radius 2 is 1.56 bits per heavy atom. The first-order valence-corrected chi connectivity index (χ1v) is 12.7. The van der Waals surface area contributed by atoms with Gasteiger partial charge in [0.05, 0.1) is 12.5 Å². The number of hydrogen-bond acceptors (Lipinski definition) is 4. The fourth-order valence-corrected chi connectivity index (χ4v) is 4.65. The summed E-state index contributed by atoms with van der Waals surface area (Å²) >= 11 is 0. The van der Waals surface area contributed by atoms with Crippen LogP contribution in [-0.2, 0) is 20.8 Å². The van der Waals surface area contributed by atoms with Crippen molar-refractivity contribution in [3.63, 3.8) is 0 Å². The Morgan fingerprint density at radius 1 is 0.923 bits per heavy atom. The number of carboxylic acids is 1. The highest BCUT2D eigenvalue weighted by atomic mass is 19.1. The normalized spacial score (nSPS) is 15.6. The van der Waals surface area contributed by atoms with Gasteiger partial charge in [0.25, 0.3) is 11.8 Å². The van der Waals surface area contributed by atoms with Crippen LogP contribution in [0.1, 0.15) is 45.9 Å². The zero-order chi connectivity index (χ0) is 27.9. The lowest BCUT2D eigenvalue weighted by Gasteiger charge is -2.31. The molecule has 1 heterocycles. The zero-order valence-electron chi connectivity index (χ0n) is 21.5. The zero-order valence-corrected chi connectivity index (χ0v) is 21.5. The second-order valence-corrected chi connectivity index (χ2v) is 9.52. The smallest absolute Gasteiger partial charge is 0.305 e. The SMILES string of the molecule is Cc1ccc(C(=O)N2CCN(C(=O)CCc3ccccc3)C2C(=O)NC(CC(=O)O)c2ccc(F)cc2)cc1. The van der Waals surface area contributed by atoms with E-state index in [2.05, 4.69) is 5.32 Å². The molecule has 202 valence electrons. The lowest BCUT2D eigenvalue weighted by Crippen LogP contribution is -2.54. The highest BCUT2D eigenvalue weighted by molar-refractivity contribution is 5.99. The van der Waals surface area contributed by atoms with Crippen molar-refractivity contribution in [3.05, 3.63) is 107 Å². The van der Waals surface area contributed by atoms with E-state index in [1.807, 2.05) is 37.3 Å². The van der Waals surface area contributed by atoms with E-state index >= 15 is 0 Å². The molecular formula is C30H30FN3O5. The van der Waals surface area contributed by atoms with E-state index in [0.29, 0.717) is 17.5 Å². The molecule has 2 unspecified atom stereocenters. The van der Waals surface area contributed by atoms with Crippen molar-refractivity contribution < 1.29 is 28.7 Å². The Labute approximate surface area is 226 Å². The first kappa shape index (κ1) is 27.5. The molecule has 1 aliphatic heterocycles. The number of nitrogens with one attached hydrogen (secondary N) is 1. The summed E-state index contributed by atoms with van der Waals surface area (Å²) in [5, 5.41) is 12.2. The highest BCUT2D eigenvalue weighted by Crippen LogP contribution is 2.23. The van der Waals surface area contributed by atoms with Crippen LogP contribution in [0.25, 0.3) is 0 Å². The van der Waals surface area contributed by atoms with Gasteiger partial charge in [-0.15, -0.1) is 0 Å². The van der Waals surface area contributed by atoms with Crippen LogP contribution in [0.2, 0.25) is 0 Å². The maximum absolute atomic E-state index is 13.7. The molecule has 2 atom stereocenters. The number of carbonyl (C=O) groups excluding carboxylic acids is 3. The summed E-state index contributed by atoms with van der Waals surface area (Å²) in [5.41, 5.74) is 2.70. The molecule has 39 heavy (non-hydrogen) atoms. The number of carbonyl (C=O) groups is 4. The van der Waals surface area contributed by atoms with Gasteiger partial charge >= 0.3 is 5.97 Å². The number of benzene rings is 3. The minimum Gasteiger partial charge on any atom is -0.481 e. The molecule has 1 saturated heterocycles. The second-order valence-electron chi connectivity index (χ2n) is 9.52. The molecule has 0 bridgehead atoms. The summed E-state index contributed by atoms with van der Waals surface area (Å²) in [4.78, 5) is 54.8. The van der Waals surface area contributed by atoms with Crippen molar-refractivity contribution in [1.82, 2.24) is 15.1 Å². The van der Waals surface area contributed by atoms with Crippen molar-refractivity contribution >= 4 is 23.7 Å². The predicted octanol–water partition coefficient (Wildman–Crippen LogP) is 3.71. The Hall–Kier alpha value is -4.53. The molecule has 3 amide bonds. The van der Waals surface area contributed by atoms with Crippen molar-refractivity contribution in [3.8, 4) is 0 Å². The highest BCUT2D eigenvalue weighted by Gasteiger charge is 2.43. The van der Waals surface area contributed by atoms with E-state index in [1.165, 1.54) is 34.1 Å². The molecule has 0 aromatic heterocycles. The summed E-state index contributed by atoms with van der Waals surface area (Å²) in [6.07, 6.45) is -1.12. The summed E-state index contributed by atoms with van der Waals surface area (Å²) in [7, 11) is 0. The number of amides is 3. The second kappa shape index (κ2) is 12.3. The topological polar surface area (TPSA) is 107 Å². The van der Waals surface area contributed by atoms with E-state index < -0.39 is 42.2 Å². The van der Waals surface area contributed by atoms with Crippen molar-refractivity contribution in [2.75, 3.05) is 13.1 Å². The molecule has 0 radical (unpaired) electrons. The van der Waals surface area contributed by atoms with Gasteiger partial charge in [-0.05, 0) is 48.7 Å². The third kappa shape index (κ3) is 6.87. The van der Waals surface area contributed by atoms with E-state index in [-0.39, 0.29) is 25.4 Å². The number of aliphatic carboxylic acids is 1. The summed E-state index contributed by atoms with van der Waals surface area (Å²) in [6.45, 7) is 2.19. The third-order valence-corrected chi connectivity index (χ3v) is 6.72. The third-order valence-electron chi connectivity index (χ3n) is 6.72. The van der Waals surface area contributed by atoms with Gasteiger partial charge in [0.15, 0.2) is 6.17 Å². The van der Waals surface area contributed by atoms with Crippen LogP contribution in [0.4, 0.5) is 4.39 Å². The standard InChI is InChI=1S/C30H30FN3O5/c1-20-7-10-23(11-8-20)30(39)34-18-17-33(26(35)16-9-21-5-3-2-4-6-21)29(34)28(38)32-25(19-27(36)37)22-12-14-24(31)15-13-22/h2-8,10-15,25,29H,9,16-19H2,1H3,(H,32,38)(H,36,37). The molecule has 3 aromatic rings. The quantitative estimate of drug-likeness (QED) is 0.438. The van der Waals surface area contributed by atoms with Gasteiger partial charge in [0, 0.05) is 25.1 Å². The molecule has 1 aliphatic rings. The van der Waals surface area contributed by atoms with Crippen LogP contribution < -0.4 is 5.32 Å². The average Bonchev–Trinajstić information content (AvgIpc) is 3.38.